The summed E-state index contributed by atoms with van der Waals surface area (Å²) in [6.45, 7) is 2.22. The Balaban J connectivity index is 1.76. The summed E-state index contributed by atoms with van der Waals surface area (Å²) < 4.78 is 5.82. The third-order valence-electron chi connectivity index (χ3n) is 3.13. The number of rotatable bonds is 2. The third kappa shape index (κ3) is 2.85. The van der Waals surface area contributed by atoms with Crippen LogP contribution in [0.5, 0.6) is 0 Å². The maximum Gasteiger partial charge on any atom is 0.225 e. The van der Waals surface area contributed by atoms with Crippen LogP contribution in [-0.2, 0) is 4.74 Å². The molecule has 0 aliphatic carbocycles. The number of nitrogens with zero attached hydrogens (tertiary/aromatic N) is 3. The number of halogens is 1. The van der Waals surface area contributed by atoms with Gasteiger partial charge in [-0.15, -0.1) is 0 Å². The third-order valence-corrected chi connectivity index (χ3v) is 3.32. The Labute approximate surface area is 117 Å². The van der Waals surface area contributed by atoms with Gasteiger partial charge >= 0.3 is 0 Å². The smallest absolute Gasteiger partial charge is 0.225 e. The van der Waals surface area contributed by atoms with Gasteiger partial charge in [0.15, 0.2) is 0 Å². The standard InChI is InChI=1S/C14H14ClN3O/c15-12-8-16-14(17-9-12)18-6-7-19-13(10-18)11-4-2-1-3-5-11/h1-5,8-9,13H,6-7,10H2/t13-/m1/s1. The Morgan fingerprint density at radius 2 is 1.89 bits per heavy atom. The molecule has 2 aromatic rings. The zero-order valence-electron chi connectivity index (χ0n) is 10.4. The lowest BCUT2D eigenvalue weighted by Crippen LogP contribution is -2.39. The highest BCUT2D eigenvalue weighted by Crippen LogP contribution is 2.24. The van der Waals surface area contributed by atoms with Gasteiger partial charge in [0.1, 0.15) is 6.10 Å². The van der Waals surface area contributed by atoms with Crippen LogP contribution in [0, 0.1) is 0 Å². The van der Waals surface area contributed by atoms with E-state index in [-0.39, 0.29) is 6.10 Å². The molecule has 3 rings (SSSR count). The van der Waals surface area contributed by atoms with E-state index in [1.54, 1.807) is 12.4 Å². The number of morpholine rings is 1. The largest absolute Gasteiger partial charge is 0.370 e. The molecular formula is C14H14ClN3O. The molecule has 1 saturated heterocycles. The minimum absolute atomic E-state index is 0.0641. The Bertz CT molecular complexity index is 532. The van der Waals surface area contributed by atoms with E-state index in [4.69, 9.17) is 16.3 Å². The van der Waals surface area contributed by atoms with Crippen LogP contribution in [-0.4, -0.2) is 29.7 Å². The number of aromatic nitrogens is 2. The van der Waals surface area contributed by atoms with E-state index in [1.165, 1.54) is 5.56 Å². The quantitative estimate of drug-likeness (QED) is 0.845. The molecule has 0 amide bonds. The maximum absolute atomic E-state index is 5.82. The molecule has 0 unspecified atom stereocenters. The van der Waals surface area contributed by atoms with Gasteiger partial charge in [-0.2, -0.15) is 0 Å². The summed E-state index contributed by atoms with van der Waals surface area (Å²) >= 11 is 5.81. The lowest BCUT2D eigenvalue weighted by atomic mass is 10.1. The highest BCUT2D eigenvalue weighted by atomic mass is 35.5. The SMILES string of the molecule is Clc1cnc(N2CCO[C@@H](c3ccccc3)C2)nc1. The Morgan fingerprint density at radius 3 is 2.63 bits per heavy atom. The van der Waals surface area contributed by atoms with Gasteiger partial charge in [0.25, 0.3) is 0 Å². The lowest BCUT2D eigenvalue weighted by molar-refractivity contribution is 0.0392. The minimum atomic E-state index is 0.0641. The molecule has 0 N–H and O–H groups in total. The van der Waals surface area contributed by atoms with E-state index in [0.29, 0.717) is 17.6 Å². The summed E-state index contributed by atoms with van der Waals surface area (Å²) in [5, 5.41) is 0.552. The minimum Gasteiger partial charge on any atom is -0.370 e. The van der Waals surface area contributed by atoms with E-state index >= 15 is 0 Å². The average Bonchev–Trinajstić information content (AvgIpc) is 2.49. The molecule has 5 heteroatoms. The van der Waals surface area contributed by atoms with Gasteiger partial charge in [-0.1, -0.05) is 41.9 Å². The van der Waals surface area contributed by atoms with Crippen LogP contribution in [0.15, 0.2) is 42.7 Å². The molecule has 0 spiro atoms. The van der Waals surface area contributed by atoms with Crippen LogP contribution in [0.2, 0.25) is 5.02 Å². The van der Waals surface area contributed by atoms with Crippen LogP contribution >= 0.6 is 11.6 Å². The Kier molecular flexibility index (Phi) is 3.62. The summed E-state index contributed by atoms with van der Waals surface area (Å²) in [6.07, 6.45) is 3.31. The summed E-state index contributed by atoms with van der Waals surface area (Å²) in [5.41, 5.74) is 1.18. The topological polar surface area (TPSA) is 38.2 Å². The number of benzene rings is 1. The monoisotopic (exact) mass is 275 g/mol. The van der Waals surface area contributed by atoms with Crippen molar-refractivity contribution in [1.29, 1.82) is 0 Å². The zero-order valence-corrected chi connectivity index (χ0v) is 11.1. The summed E-state index contributed by atoms with van der Waals surface area (Å²) in [6, 6.07) is 10.2. The van der Waals surface area contributed by atoms with Crippen molar-refractivity contribution in [3.8, 4) is 0 Å². The predicted molar refractivity (Wildman–Crippen MR) is 74.4 cm³/mol. The molecule has 4 nitrogen and oxygen atoms in total. The highest BCUT2D eigenvalue weighted by molar-refractivity contribution is 6.30. The van der Waals surface area contributed by atoms with Gasteiger partial charge < -0.3 is 9.64 Å². The van der Waals surface area contributed by atoms with Crippen molar-refractivity contribution in [2.24, 2.45) is 0 Å². The Morgan fingerprint density at radius 1 is 1.16 bits per heavy atom. The molecule has 1 aliphatic heterocycles. The van der Waals surface area contributed by atoms with Gasteiger partial charge in [-0.3, -0.25) is 0 Å². The van der Waals surface area contributed by atoms with E-state index in [0.717, 1.165) is 13.1 Å². The zero-order chi connectivity index (χ0) is 13.1. The second-order valence-electron chi connectivity index (χ2n) is 4.42. The average molecular weight is 276 g/mol. The van der Waals surface area contributed by atoms with Crippen molar-refractivity contribution in [2.75, 3.05) is 24.6 Å². The number of ether oxygens (including phenoxy) is 1. The normalized spacial score (nSPS) is 19.4. The Hall–Kier alpha value is -1.65. The molecule has 0 saturated carbocycles. The van der Waals surface area contributed by atoms with Gasteiger partial charge in [0.2, 0.25) is 5.95 Å². The van der Waals surface area contributed by atoms with Gasteiger partial charge in [-0.25, -0.2) is 9.97 Å². The second kappa shape index (κ2) is 5.55. The number of hydrogen-bond donors (Lipinski definition) is 0. The van der Waals surface area contributed by atoms with Gasteiger partial charge in [0.05, 0.1) is 30.6 Å². The predicted octanol–water partition coefficient (Wildman–Crippen LogP) is 2.71. The van der Waals surface area contributed by atoms with Crippen molar-refractivity contribution >= 4 is 17.5 Å². The molecule has 1 aliphatic rings. The molecule has 1 fully saturated rings. The number of anilines is 1. The first-order valence-electron chi connectivity index (χ1n) is 6.22. The fraction of sp³-hybridized carbons (Fsp3) is 0.286. The van der Waals surface area contributed by atoms with Gasteiger partial charge in [0, 0.05) is 6.54 Å². The molecule has 1 aromatic carbocycles. The molecular weight excluding hydrogens is 262 g/mol. The van der Waals surface area contributed by atoms with Crippen LogP contribution in [0.3, 0.4) is 0 Å². The lowest BCUT2D eigenvalue weighted by Gasteiger charge is -2.33. The first-order chi connectivity index (χ1) is 9.33. The number of hydrogen-bond acceptors (Lipinski definition) is 4. The summed E-state index contributed by atoms with van der Waals surface area (Å²) in [5.74, 6) is 0.702. The molecule has 98 valence electrons. The van der Waals surface area contributed by atoms with Crippen molar-refractivity contribution in [3.05, 3.63) is 53.3 Å². The summed E-state index contributed by atoms with van der Waals surface area (Å²) in [7, 11) is 0. The molecule has 1 atom stereocenters. The molecule has 19 heavy (non-hydrogen) atoms. The first kappa shape index (κ1) is 12.4. The van der Waals surface area contributed by atoms with Gasteiger partial charge in [-0.05, 0) is 5.56 Å². The van der Waals surface area contributed by atoms with Crippen molar-refractivity contribution in [1.82, 2.24) is 9.97 Å². The molecule has 2 heterocycles. The second-order valence-corrected chi connectivity index (χ2v) is 4.85. The van der Waals surface area contributed by atoms with Crippen molar-refractivity contribution in [3.63, 3.8) is 0 Å². The van der Waals surface area contributed by atoms with Crippen LogP contribution < -0.4 is 4.90 Å². The van der Waals surface area contributed by atoms with Crippen molar-refractivity contribution < 1.29 is 4.74 Å². The van der Waals surface area contributed by atoms with Crippen LogP contribution in [0.25, 0.3) is 0 Å². The molecule has 0 radical (unpaired) electrons. The van der Waals surface area contributed by atoms with Crippen LogP contribution in [0.1, 0.15) is 11.7 Å². The maximum atomic E-state index is 5.82. The molecule has 0 bridgehead atoms. The van der Waals surface area contributed by atoms with E-state index in [1.807, 2.05) is 18.2 Å². The fourth-order valence-corrected chi connectivity index (χ4v) is 2.27. The fourth-order valence-electron chi connectivity index (χ4n) is 2.17. The molecule has 1 aromatic heterocycles. The van der Waals surface area contributed by atoms with Crippen molar-refractivity contribution in [2.45, 2.75) is 6.10 Å². The first-order valence-corrected chi connectivity index (χ1v) is 6.60. The highest BCUT2D eigenvalue weighted by Gasteiger charge is 2.23. The van der Waals surface area contributed by atoms with E-state index in [9.17, 15) is 0 Å². The van der Waals surface area contributed by atoms with Crippen LogP contribution in [0.4, 0.5) is 5.95 Å². The summed E-state index contributed by atoms with van der Waals surface area (Å²) in [4.78, 5) is 10.6. The van der Waals surface area contributed by atoms with E-state index in [2.05, 4.69) is 27.0 Å². The van der Waals surface area contributed by atoms with E-state index < -0.39 is 0 Å².